The second-order valence-electron chi connectivity index (χ2n) is 12.1. The standard InChI is InChI=1S/C43H26N2O2/c46-43-35-17-8-7-15-31(35)34-22-21-33-37-26-28(20-24-40(37)45(41(33)42(34)47-43)30-13-5-2-6-14-30)27-19-23-39-36(25-27)32-16-9-10-18-38(32)44(39)29-11-3-1-4-12-29/h1-26H. The van der Waals surface area contributed by atoms with Crippen LogP contribution in [0.3, 0.4) is 0 Å². The zero-order valence-electron chi connectivity index (χ0n) is 25.2. The maximum Gasteiger partial charge on any atom is 0.344 e. The summed E-state index contributed by atoms with van der Waals surface area (Å²) in [4.78, 5) is 13.3. The molecule has 4 heteroatoms. The Labute approximate surface area is 268 Å². The lowest BCUT2D eigenvalue weighted by Crippen LogP contribution is -2.01. The Morgan fingerprint density at radius 2 is 0.894 bits per heavy atom. The predicted molar refractivity (Wildman–Crippen MR) is 194 cm³/mol. The van der Waals surface area contributed by atoms with Crippen LogP contribution in [-0.4, -0.2) is 9.13 Å². The number of benzene rings is 7. The molecule has 0 aliphatic heterocycles. The molecule has 0 amide bonds. The van der Waals surface area contributed by atoms with Crippen LogP contribution in [0.5, 0.6) is 0 Å². The molecule has 7 aromatic carbocycles. The lowest BCUT2D eigenvalue weighted by molar-refractivity contribution is 0.572. The first-order valence-electron chi connectivity index (χ1n) is 15.8. The van der Waals surface area contributed by atoms with Crippen LogP contribution < -0.4 is 5.63 Å². The highest BCUT2D eigenvalue weighted by Gasteiger charge is 2.20. The average Bonchev–Trinajstić information content (AvgIpc) is 3.65. The van der Waals surface area contributed by atoms with Gasteiger partial charge in [-0.1, -0.05) is 91.0 Å². The molecule has 0 radical (unpaired) electrons. The van der Waals surface area contributed by atoms with E-state index in [2.05, 4.69) is 124 Å². The van der Waals surface area contributed by atoms with Crippen molar-refractivity contribution in [2.24, 2.45) is 0 Å². The smallest absolute Gasteiger partial charge is 0.344 e. The fraction of sp³-hybridized carbons (Fsp3) is 0. The molecule has 10 aromatic rings. The molecule has 3 heterocycles. The van der Waals surface area contributed by atoms with Crippen molar-refractivity contribution in [2.75, 3.05) is 0 Å². The lowest BCUT2D eigenvalue weighted by Gasteiger charge is -2.10. The summed E-state index contributed by atoms with van der Waals surface area (Å²) in [5.74, 6) is 0. The molecule has 3 aromatic heterocycles. The molecule has 0 aliphatic rings. The van der Waals surface area contributed by atoms with E-state index in [1.165, 1.54) is 21.8 Å². The van der Waals surface area contributed by atoms with E-state index in [1.54, 1.807) is 0 Å². The quantitative estimate of drug-likeness (QED) is 0.149. The average molecular weight is 603 g/mol. The van der Waals surface area contributed by atoms with Crippen molar-refractivity contribution < 1.29 is 4.42 Å². The highest BCUT2D eigenvalue weighted by atomic mass is 16.4. The Kier molecular flexibility index (Phi) is 5.40. The number of nitrogens with zero attached hydrogens (tertiary/aromatic N) is 2. The van der Waals surface area contributed by atoms with Crippen LogP contribution in [0.15, 0.2) is 167 Å². The first-order chi connectivity index (χ1) is 23.2. The van der Waals surface area contributed by atoms with Crippen LogP contribution in [0.4, 0.5) is 0 Å². The van der Waals surface area contributed by atoms with Crippen LogP contribution in [0.1, 0.15) is 0 Å². The largest absolute Gasteiger partial charge is 0.420 e. The van der Waals surface area contributed by atoms with E-state index in [0.29, 0.717) is 11.0 Å². The number of aromatic nitrogens is 2. The number of hydrogen-bond donors (Lipinski definition) is 0. The summed E-state index contributed by atoms with van der Waals surface area (Å²) < 4.78 is 10.7. The second kappa shape index (κ2) is 9.80. The van der Waals surface area contributed by atoms with Crippen LogP contribution in [-0.2, 0) is 0 Å². The first-order valence-corrected chi connectivity index (χ1v) is 15.8. The maximum atomic E-state index is 13.3. The minimum Gasteiger partial charge on any atom is -0.420 e. The molecular formula is C43H26N2O2. The number of hydrogen-bond acceptors (Lipinski definition) is 2. The van der Waals surface area contributed by atoms with E-state index >= 15 is 0 Å². The van der Waals surface area contributed by atoms with Gasteiger partial charge in [0.1, 0.15) is 0 Å². The lowest BCUT2D eigenvalue weighted by atomic mass is 10.00. The van der Waals surface area contributed by atoms with Gasteiger partial charge in [-0.15, -0.1) is 0 Å². The molecule has 0 N–H and O–H groups in total. The van der Waals surface area contributed by atoms with Gasteiger partial charge in [-0.2, -0.15) is 0 Å². The van der Waals surface area contributed by atoms with Crippen molar-refractivity contribution in [1.29, 1.82) is 0 Å². The van der Waals surface area contributed by atoms with E-state index in [9.17, 15) is 4.79 Å². The molecule has 47 heavy (non-hydrogen) atoms. The van der Waals surface area contributed by atoms with Crippen LogP contribution in [0.2, 0.25) is 0 Å². The molecular weight excluding hydrogens is 576 g/mol. The summed E-state index contributed by atoms with van der Waals surface area (Å²) in [5, 5.41) is 7.00. The van der Waals surface area contributed by atoms with Gasteiger partial charge < -0.3 is 13.6 Å². The van der Waals surface area contributed by atoms with Crippen molar-refractivity contribution in [3.05, 3.63) is 168 Å². The van der Waals surface area contributed by atoms with Crippen LogP contribution in [0.25, 0.3) is 87.9 Å². The van der Waals surface area contributed by atoms with Gasteiger partial charge in [0.05, 0.1) is 27.5 Å². The van der Waals surface area contributed by atoms with Gasteiger partial charge >= 0.3 is 5.63 Å². The summed E-state index contributed by atoms with van der Waals surface area (Å²) in [6.45, 7) is 0. The third kappa shape index (κ3) is 3.73. The third-order valence-corrected chi connectivity index (χ3v) is 9.55. The summed E-state index contributed by atoms with van der Waals surface area (Å²) in [6.07, 6.45) is 0. The van der Waals surface area contributed by atoms with Crippen molar-refractivity contribution in [1.82, 2.24) is 9.13 Å². The first kappa shape index (κ1) is 25.9. The van der Waals surface area contributed by atoms with Crippen molar-refractivity contribution >= 4 is 65.4 Å². The fourth-order valence-electron chi connectivity index (χ4n) is 7.47. The van der Waals surface area contributed by atoms with E-state index in [1.807, 2.05) is 42.5 Å². The maximum absolute atomic E-state index is 13.3. The molecule has 4 nitrogen and oxygen atoms in total. The molecule has 0 saturated heterocycles. The van der Waals surface area contributed by atoms with E-state index in [0.717, 1.165) is 55.1 Å². The van der Waals surface area contributed by atoms with E-state index in [4.69, 9.17) is 4.42 Å². The SMILES string of the molecule is O=c1oc2c(ccc3c4cc(-c5ccc6c(c5)c5ccccc5n6-c5ccccc5)ccc4n(-c4ccccc4)c32)c2ccccc12. The van der Waals surface area contributed by atoms with Gasteiger partial charge in [0.2, 0.25) is 0 Å². The Morgan fingerprint density at radius 1 is 0.383 bits per heavy atom. The minimum absolute atomic E-state index is 0.325. The number of fused-ring (bicyclic) bond motifs is 10. The van der Waals surface area contributed by atoms with E-state index in [-0.39, 0.29) is 5.63 Å². The number of rotatable bonds is 3. The summed E-state index contributed by atoms with van der Waals surface area (Å²) in [7, 11) is 0. The Morgan fingerprint density at radius 3 is 1.60 bits per heavy atom. The molecule has 0 bridgehead atoms. The van der Waals surface area contributed by atoms with Gasteiger partial charge in [0, 0.05) is 38.3 Å². The third-order valence-electron chi connectivity index (χ3n) is 9.55. The monoisotopic (exact) mass is 602 g/mol. The van der Waals surface area contributed by atoms with Crippen molar-refractivity contribution in [3.8, 4) is 22.5 Å². The van der Waals surface area contributed by atoms with Crippen LogP contribution in [0, 0.1) is 0 Å². The van der Waals surface area contributed by atoms with Crippen LogP contribution >= 0.6 is 0 Å². The summed E-state index contributed by atoms with van der Waals surface area (Å²) in [5.41, 5.74) is 9.02. The normalized spacial score (nSPS) is 11.9. The Hall–Kier alpha value is -6.39. The zero-order valence-corrected chi connectivity index (χ0v) is 25.2. The second-order valence-corrected chi connectivity index (χ2v) is 12.1. The topological polar surface area (TPSA) is 40.1 Å². The molecule has 0 unspecified atom stereocenters. The molecule has 0 saturated carbocycles. The van der Waals surface area contributed by atoms with E-state index < -0.39 is 0 Å². The van der Waals surface area contributed by atoms with Gasteiger partial charge in [-0.25, -0.2) is 4.79 Å². The van der Waals surface area contributed by atoms with Crippen molar-refractivity contribution in [3.63, 3.8) is 0 Å². The number of para-hydroxylation sites is 3. The summed E-state index contributed by atoms with van der Waals surface area (Å²) in [6, 6.07) is 54.8. The molecule has 0 spiro atoms. The molecule has 220 valence electrons. The molecule has 10 rings (SSSR count). The fourth-order valence-corrected chi connectivity index (χ4v) is 7.47. The van der Waals surface area contributed by atoms with Gasteiger partial charge in [0.25, 0.3) is 0 Å². The highest BCUT2D eigenvalue weighted by molar-refractivity contribution is 6.21. The Balaban J connectivity index is 1.26. The van der Waals surface area contributed by atoms with Crippen molar-refractivity contribution in [2.45, 2.75) is 0 Å². The van der Waals surface area contributed by atoms with Gasteiger partial charge in [-0.3, -0.25) is 0 Å². The molecule has 0 atom stereocenters. The highest BCUT2D eigenvalue weighted by Crippen LogP contribution is 2.40. The predicted octanol–water partition coefficient (Wildman–Crippen LogP) is 10.8. The minimum atomic E-state index is -0.325. The zero-order chi connectivity index (χ0) is 31.1. The van der Waals surface area contributed by atoms with Gasteiger partial charge in [-0.05, 0) is 83.2 Å². The summed E-state index contributed by atoms with van der Waals surface area (Å²) >= 11 is 0. The Bertz CT molecular complexity index is 2910. The van der Waals surface area contributed by atoms with Gasteiger partial charge in [0.15, 0.2) is 5.58 Å². The molecule has 0 aliphatic carbocycles. The molecule has 0 fully saturated rings.